The number of carbonyl (C=O) groups is 2. The Morgan fingerprint density at radius 2 is 2.06 bits per heavy atom. The van der Waals surface area contributed by atoms with Crippen molar-refractivity contribution in [3.05, 3.63) is 59.2 Å². The minimum absolute atomic E-state index is 0.195. The van der Waals surface area contributed by atoms with Crippen LogP contribution in [0, 0.1) is 18.7 Å². The number of methoxy groups -OCH3 is 1. The van der Waals surface area contributed by atoms with Crippen LogP contribution in [0.15, 0.2) is 36.5 Å². The van der Waals surface area contributed by atoms with E-state index >= 15 is 0 Å². The fourth-order valence-electron chi connectivity index (χ4n) is 4.34. The third-order valence-electron chi connectivity index (χ3n) is 6.21. The maximum Gasteiger partial charge on any atom is 0.318 e. The largest absolute Gasteiger partial charge is 0.491 e. The van der Waals surface area contributed by atoms with Gasteiger partial charge in [0.05, 0.1) is 19.6 Å². The number of piperidine rings is 1. The van der Waals surface area contributed by atoms with Crippen molar-refractivity contribution < 1.29 is 23.5 Å². The number of hydrogen-bond acceptors (Lipinski definition) is 5. The summed E-state index contributed by atoms with van der Waals surface area (Å²) in [6, 6.07) is 8.29. The topological polar surface area (TPSA) is 80.8 Å². The first-order valence-electron chi connectivity index (χ1n) is 10.4. The third-order valence-corrected chi connectivity index (χ3v) is 6.21. The predicted molar refractivity (Wildman–Crippen MR) is 111 cm³/mol. The van der Waals surface area contributed by atoms with E-state index in [2.05, 4.69) is 10.3 Å². The zero-order valence-corrected chi connectivity index (χ0v) is 17.7. The van der Waals surface area contributed by atoms with E-state index in [0.29, 0.717) is 61.5 Å². The number of benzene rings is 1. The average molecular weight is 427 g/mol. The Bertz CT molecular complexity index is 991. The molecule has 4 rings (SSSR count). The molecule has 7 nitrogen and oxygen atoms in total. The molecule has 0 unspecified atom stereocenters. The van der Waals surface area contributed by atoms with Gasteiger partial charge in [-0.25, -0.2) is 9.18 Å². The molecular weight excluding hydrogens is 401 g/mol. The van der Waals surface area contributed by atoms with Crippen molar-refractivity contribution in [2.75, 3.05) is 26.8 Å². The first-order chi connectivity index (χ1) is 14.9. The van der Waals surface area contributed by atoms with Gasteiger partial charge in [-0.1, -0.05) is 12.1 Å². The summed E-state index contributed by atoms with van der Waals surface area (Å²) < 4.78 is 25.1. The van der Waals surface area contributed by atoms with E-state index in [1.165, 1.54) is 13.2 Å². The van der Waals surface area contributed by atoms with Gasteiger partial charge in [-0.15, -0.1) is 0 Å². The molecule has 0 radical (unpaired) electrons. The molecule has 164 valence electrons. The highest BCUT2D eigenvalue weighted by atomic mass is 19.1. The van der Waals surface area contributed by atoms with Crippen molar-refractivity contribution in [3.8, 4) is 5.75 Å². The fourth-order valence-corrected chi connectivity index (χ4v) is 4.34. The van der Waals surface area contributed by atoms with E-state index in [0.717, 1.165) is 0 Å². The van der Waals surface area contributed by atoms with Crippen LogP contribution in [-0.2, 0) is 15.1 Å². The van der Waals surface area contributed by atoms with Gasteiger partial charge in [0.15, 0.2) is 0 Å². The molecule has 0 aliphatic carbocycles. The summed E-state index contributed by atoms with van der Waals surface area (Å²) in [5.74, 6) is -0.206. The fraction of sp³-hybridized carbons (Fsp3) is 0.435. The zero-order valence-electron chi connectivity index (χ0n) is 17.7. The minimum atomic E-state index is -1.01. The number of carbonyl (C=O) groups excluding carboxylic acids is 2. The molecule has 1 aromatic carbocycles. The molecule has 2 aliphatic heterocycles. The molecule has 0 bridgehead atoms. The second kappa shape index (κ2) is 8.53. The molecule has 0 spiro atoms. The van der Waals surface area contributed by atoms with E-state index in [4.69, 9.17) is 9.47 Å². The van der Waals surface area contributed by atoms with Crippen LogP contribution in [0.3, 0.4) is 0 Å². The number of amides is 2. The smallest absolute Gasteiger partial charge is 0.318 e. The lowest BCUT2D eigenvalue weighted by atomic mass is 9.81. The Balaban J connectivity index is 1.65. The monoisotopic (exact) mass is 427 g/mol. The normalized spacial score (nSPS) is 21.1. The van der Waals surface area contributed by atoms with Crippen LogP contribution in [-0.4, -0.2) is 48.7 Å². The third kappa shape index (κ3) is 3.94. The molecule has 2 aliphatic rings. The number of rotatable bonds is 3. The lowest BCUT2D eigenvalue weighted by Crippen LogP contribution is -2.55. The molecule has 1 N–H and O–H groups in total. The van der Waals surface area contributed by atoms with Gasteiger partial charge < -0.3 is 19.7 Å². The second-order valence-electron chi connectivity index (χ2n) is 8.03. The highest BCUT2D eigenvalue weighted by molar-refractivity contribution is 5.77. The second-order valence-corrected chi connectivity index (χ2v) is 8.03. The van der Waals surface area contributed by atoms with E-state index in [-0.39, 0.29) is 23.7 Å². The average Bonchev–Trinajstić information content (AvgIpc) is 2.80. The van der Waals surface area contributed by atoms with Crippen molar-refractivity contribution >= 4 is 12.0 Å². The van der Waals surface area contributed by atoms with Gasteiger partial charge in [-0.3, -0.25) is 9.78 Å². The molecule has 0 saturated carbocycles. The van der Waals surface area contributed by atoms with Crippen LogP contribution in [0.1, 0.15) is 36.1 Å². The van der Waals surface area contributed by atoms with E-state index in [1.54, 1.807) is 36.2 Å². The number of pyridine rings is 1. The predicted octanol–water partition coefficient (Wildman–Crippen LogP) is 3.15. The standard InChI is InChI=1S/C23H26FN3O4/c1-15-5-6-17(14-18(15)24)23(9-13-31-19-4-3-10-25-20(19)23)26-22(29)27-11-7-16(8-12-27)21(28)30-2/h3-6,10,14,16H,7-9,11-13H2,1-2H3,(H,26,29)/t23-/m0/s1. The number of ether oxygens (including phenoxy) is 2. The summed E-state index contributed by atoms with van der Waals surface area (Å²) in [5.41, 5.74) is 0.696. The summed E-state index contributed by atoms with van der Waals surface area (Å²) in [6.45, 7) is 2.94. The highest BCUT2D eigenvalue weighted by Gasteiger charge is 2.44. The molecule has 2 aromatic rings. The molecular formula is C23H26FN3O4. The lowest BCUT2D eigenvalue weighted by molar-refractivity contribution is -0.146. The zero-order chi connectivity index (χ0) is 22.0. The Labute approximate surface area is 180 Å². The number of aryl methyl sites for hydroxylation is 1. The van der Waals surface area contributed by atoms with Crippen molar-refractivity contribution in [2.45, 2.75) is 31.7 Å². The number of halogens is 1. The summed E-state index contributed by atoms with van der Waals surface area (Å²) in [6.07, 6.45) is 3.15. The number of nitrogens with one attached hydrogen (secondary N) is 1. The molecule has 1 fully saturated rings. The van der Waals surface area contributed by atoms with Crippen LogP contribution in [0.2, 0.25) is 0 Å². The van der Waals surface area contributed by atoms with Gasteiger partial charge in [0.25, 0.3) is 0 Å². The summed E-state index contributed by atoms with van der Waals surface area (Å²) in [7, 11) is 1.38. The van der Waals surface area contributed by atoms with Crippen LogP contribution in [0.5, 0.6) is 5.75 Å². The van der Waals surface area contributed by atoms with Gasteiger partial charge in [-0.2, -0.15) is 0 Å². The molecule has 8 heteroatoms. The number of hydrogen-bond donors (Lipinski definition) is 1. The summed E-state index contributed by atoms with van der Waals surface area (Å²) >= 11 is 0. The van der Waals surface area contributed by atoms with Gasteiger partial charge in [0.2, 0.25) is 0 Å². The minimum Gasteiger partial charge on any atom is -0.491 e. The van der Waals surface area contributed by atoms with Gasteiger partial charge in [0.1, 0.15) is 22.8 Å². The number of aromatic nitrogens is 1. The van der Waals surface area contributed by atoms with Crippen molar-refractivity contribution in [1.29, 1.82) is 0 Å². The number of fused-ring (bicyclic) bond motifs is 1. The van der Waals surface area contributed by atoms with Gasteiger partial charge in [0, 0.05) is 25.7 Å². The molecule has 2 amide bonds. The number of urea groups is 1. The van der Waals surface area contributed by atoms with Crippen LogP contribution < -0.4 is 10.1 Å². The highest BCUT2D eigenvalue weighted by Crippen LogP contribution is 2.41. The quantitative estimate of drug-likeness (QED) is 0.762. The maximum absolute atomic E-state index is 14.5. The van der Waals surface area contributed by atoms with Gasteiger partial charge in [-0.05, 0) is 49.1 Å². The van der Waals surface area contributed by atoms with E-state index < -0.39 is 5.54 Å². The Hall–Kier alpha value is -3.16. The van der Waals surface area contributed by atoms with Crippen LogP contribution in [0.25, 0.3) is 0 Å². The number of likely N-dealkylation sites (tertiary alicyclic amines) is 1. The summed E-state index contributed by atoms with van der Waals surface area (Å²) in [5, 5.41) is 3.14. The molecule has 1 aromatic heterocycles. The van der Waals surface area contributed by atoms with Crippen molar-refractivity contribution in [3.63, 3.8) is 0 Å². The first kappa shape index (κ1) is 21.1. The molecule has 1 atom stereocenters. The first-order valence-corrected chi connectivity index (χ1v) is 10.4. The van der Waals surface area contributed by atoms with Crippen molar-refractivity contribution in [1.82, 2.24) is 15.2 Å². The van der Waals surface area contributed by atoms with Gasteiger partial charge >= 0.3 is 12.0 Å². The Morgan fingerprint density at radius 1 is 1.29 bits per heavy atom. The van der Waals surface area contributed by atoms with Crippen LogP contribution in [0.4, 0.5) is 9.18 Å². The SMILES string of the molecule is COC(=O)C1CCN(C(=O)N[C@]2(c3ccc(C)c(F)c3)CCOc3cccnc32)CC1. The lowest BCUT2D eigenvalue weighted by Gasteiger charge is -2.41. The maximum atomic E-state index is 14.5. The van der Waals surface area contributed by atoms with Crippen LogP contribution >= 0.6 is 0 Å². The molecule has 31 heavy (non-hydrogen) atoms. The van der Waals surface area contributed by atoms with E-state index in [1.807, 2.05) is 6.07 Å². The van der Waals surface area contributed by atoms with E-state index in [9.17, 15) is 14.0 Å². The Morgan fingerprint density at radius 3 is 2.77 bits per heavy atom. The summed E-state index contributed by atoms with van der Waals surface area (Å²) in [4.78, 5) is 31.3. The molecule has 3 heterocycles. The Kier molecular flexibility index (Phi) is 5.80. The molecule has 1 saturated heterocycles. The van der Waals surface area contributed by atoms with Crippen molar-refractivity contribution in [2.24, 2.45) is 5.92 Å². The number of nitrogens with zero attached hydrogens (tertiary/aromatic N) is 2. The number of esters is 1.